The number of hydrogen-bond donors (Lipinski definition) is 0. The van der Waals surface area contributed by atoms with Crippen molar-refractivity contribution in [2.75, 3.05) is 6.61 Å². The summed E-state index contributed by atoms with van der Waals surface area (Å²) in [6.45, 7) is 17.9. The van der Waals surface area contributed by atoms with Gasteiger partial charge in [-0.25, -0.2) is 0 Å². The Morgan fingerprint density at radius 3 is 2.46 bits per heavy atom. The van der Waals surface area contributed by atoms with Crippen molar-refractivity contribution >= 4 is 25.5 Å². The van der Waals surface area contributed by atoms with Crippen LogP contribution in [0.25, 0.3) is 10.9 Å². The molecule has 0 aliphatic carbocycles. The van der Waals surface area contributed by atoms with Crippen LogP contribution in [0.2, 0.25) is 18.1 Å². The van der Waals surface area contributed by atoms with Crippen molar-refractivity contribution in [3.8, 4) is 5.75 Å². The zero-order valence-electron chi connectivity index (χ0n) is 17.1. The highest BCUT2D eigenvalue weighted by Gasteiger charge is 2.37. The number of rotatable bonds is 7. The molecule has 0 N–H and O–H groups in total. The Morgan fingerprint density at radius 2 is 1.92 bits per heavy atom. The van der Waals surface area contributed by atoms with Gasteiger partial charge < -0.3 is 13.7 Å². The number of carbonyl (C=O) groups is 1. The molecule has 26 heavy (non-hydrogen) atoms. The number of benzene rings is 1. The number of nitrogens with zero attached hydrogens (tertiary/aromatic N) is 1. The maximum atomic E-state index is 11.4. The van der Waals surface area contributed by atoms with E-state index in [1.807, 2.05) is 26.1 Å². The zero-order chi connectivity index (χ0) is 19.7. The van der Waals surface area contributed by atoms with E-state index in [0.717, 1.165) is 28.5 Å². The van der Waals surface area contributed by atoms with Gasteiger partial charge in [0.25, 0.3) is 0 Å². The van der Waals surface area contributed by atoms with Crippen molar-refractivity contribution < 1.29 is 14.0 Å². The molecule has 0 unspecified atom stereocenters. The summed E-state index contributed by atoms with van der Waals surface area (Å²) in [4.78, 5) is 11.4. The van der Waals surface area contributed by atoms with Crippen molar-refractivity contribution in [2.45, 2.75) is 52.4 Å². The summed E-state index contributed by atoms with van der Waals surface area (Å²) in [6, 6.07) is 5.90. The summed E-state index contributed by atoms with van der Waals surface area (Å²) < 4.78 is 14.2. The Morgan fingerprint density at radius 1 is 1.27 bits per heavy atom. The van der Waals surface area contributed by atoms with E-state index in [9.17, 15) is 4.79 Å². The molecule has 0 aliphatic heterocycles. The first-order valence-electron chi connectivity index (χ1n) is 8.95. The third-order valence-electron chi connectivity index (χ3n) is 5.26. The van der Waals surface area contributed by atoms with Gasteiger partial charge in [0.1, 0.15) is 12.4 Å². The number of carbonyl (C=O) groups excluding carboxylic acids is 1. The van der Waals surface area contributed by atoms with Crippen molar-refractivity contribution in [1.29, 1.82) is 0 Å². The highest BCUT2D eigenvalue weighted by Crippen LogP contribution is 2.37. The largest absolute Gasteiger partial charge is 0.488 e. The molecule has 0 spiro atoms. The molecule has 0 bridgehead atoms. The SMILES string of the molecule is C=C(C)COc1cc2c(cc1C=O)cc(CO[Si](C)(C)C(C)(C)C)n2C. The average Bonchev–Trinajstić information content (AvgIpc) is 2.84. The van der Waals surface area contributed by atoms with Gasteiger partial charge in [-0.3, -0.25) is 4.79 Å². The molecule has 1 aromatic carbocycles. The molecule has 2 aromatic rings. The number of aldehydes is 1. The molecule has 0 saturated carbocycles. The maximum absolute atomic E-state index is 11.4. The van der Waals surface area contributed by atoms with Crippen LogP contribution in [0.3, 0.4) is 0 Å². The monoisotopic (exact) mass is 373 g/mol. The molecule has 0 amide bonds. The normalized spacial score (nSPS) is 12.4. The van der Waals surface area contributed by atoms with E-state index in [0.29, 0.717) is 24.5 Å². The van der Waals surface area contributed by atoms with Crippen LogP contribution in [-0.2, 0) is 18.1 Å². The first-order valence-corrected chi connectivity index (χ1v) is 11.9. The second-order valence-electron chi connectivity index (χ2n) is 8.56. The van der Waals surface area contributed by atoms with Crippen molar-refractivity contribution in [1.82, 2.24) is 4.57 Å². The van der Waals surface area contributed by atoms with Gasteiger partial charge in [0, 0.05) is 24.2 Å². The molecule has 0 atom stereocenters. The fourth-order valence-corrected chi connectivity index (χ4v) is 3.41. The quantitative estimate of drug-likeness (QED) is 0.367. The Kier molecular flexibility index (Phi) is 5.83. The van der Waals surface area contributed by atoms with Crippen LogP contribution in [0.5, 0.6) is 5.75 Å². The Bertz CT molecular complexity index is 828. The summed E-state index contributed by atoms with van der Waals surface area (Å²) in [5, 5.41) is 1.19. The van der Waals surface area contributed by atoms with E-state index in [-0.39, 0.29) is 5.04 Å². The van der Waals surface area contributed by atoms with Gasteiger partial charge in [0.2, 0.25) is 0 Å². The first kappa shape index (κ1) is 20.5. The smallest absolute Gasteiger partial charge is 0.192 e. The molecule has 142 valence electrons. The van der Waals surface area contributed by atoms with Crippen LogP contribution in [-0.4, -0.2) is 25.8 Å². The number of aryl methyl sites for hydroxylation is 1. The van der Waals surface area contributed by atoms with Crippen molar-refractivity contribution in [3.63, 3.8) is 0 Å². The van der Waals surface area contributed by atoms with Crippen LogP contribution >= 0.6 is 0 Å². The van der Waals surface area contributed by atoms with E-state index in [1.54, 1.807) is 0 Å². The Balaban J connectivity index is 2.34. The van der Waals surface area contributed by atoms with Gasteiger partial charge in [-0.15, -0.1) is 0 Å². The number of aromatic nitrogens is 1. The number of fused-ring (bicyclic) bond motifs is 1. The molecule has 0 fully saturated rings. The van der Waals surface area contributed by atoms with Crippen LogP contribution in [0, 0.1) is 0 Å². The minimum atomic E-state index is -1.82. The molecule has 4 nitrogen and oxygen atoms in total. The van der Waals surface area contributed by atoms with Crippen molar-refractivity contribution in [2.24, 2.45) is 7.05 Å². The lowest BCUT2D eigenvalue weighted by Gasteiger charge is -2.36. The molecule has 5 heteroatoms. The van der Waals surface area contributed by atoms with Gasteiger partial charge in [-0.2, -0.15) is 0 Å². The van der Waals surface area contributed by atoms with E-state index in [1.165, 1.54) is 0 Å². The molecule has 2 rings (SSSR count). The highest BCUT2D eigenvalue weighted by atomic mass is 28.4. The van der Waals surface area contributed by atoms with Crippen LogP contribution < -0.4 is 4.74 Å². The predicted octanol–water partition coefficient (Wildman–Crippen LogP) is 5.47. The molecule has 1 heterocycles. The van der Waals surface area contributed by atoms with Gasteiger partial charge in [-0.05, 0) is 42.8 Å². The third-order valence-corrected chi connectivity index (χ3v) is 9.74. The molecule has 1 aromatic heterocycles. The fraction of sp³-hybridized carbons (Fsp3) is 0.476. The van der Waals surface area contributed by atoms with E-state index >= 15 is 0 Å². The van der Waals surface area contributed by atoms with Crippen molar-refractivity contribution in [3.05, 3.63) is 41.6 Å². The fourth-order valence-electron chi connectivity index (χ4n) is 2.47. The molecular formula is C21H31NO3Si. The van der Waals surface area contributed by atoms with Crippen LogP contribution in [0.4, 0.5) is 0 Å². The lowest BCUT2D eigenvalue weighted by atomic mass is 10.1. The highest BCUT2D eigenvalue weighted by molar-refractivity contribution is 6.74. The zero-order valence-corrected chi connectivity index (χ0v) is 18.1. The summed E-state index contributed by atoms with van der Waals surface area (Å²) >= 11 is 0. The van der Waals surface area contributed by atoms with Gasteiger partial charge in [0.15, 0.2) is 14.6 Å². The summed E-state index contributed by atoms with van der Waals surface area (Å²) in [6.07, 6.45) is 0.839. The van der Waals surface area contributed by atoms with E-state index in [2.05, 4.69) is 51.1 Å². The molecule has 0 radical (unpaired) electrons. The summed E-state index contributed by atoms with van der Waals surface area (Å²) in [7, 11) is 0.206. The number of ether oxygens (including phenoxy) is 1. The lowest BCUT2D eigenvalue weighted by Crippen LogP contribution is -2.40. The summed E-state index contributed by atoms with van der Waals surface area (Å²) in [5.74, 6) is 0.591. The van der Waals surface area contributed by atoms with Crippen LogP contribution in [0.1, 0.15) is 43.7 Å². The summed E-state index contributed by atoms with van der Waals surface area (Å²) in [5.41, 5.74) is 3.60. The minimum Gasteiger partial charge on any atom is -0.488 e. The molecule has 0 aliphatic rings. The second-order valence-corrected chi connectivity index (χ2v) is 13.4. The third kappa shape index (κ3) is 4.27. The minimum absolute atomic E-state index is 0.172. The van der Waals surface area contributed by atoms with Gasteiger partial charge >= 0.3 is 0 Å². The molecule has 0 saturated heterocycles. The topological polar surface area (TPSA) is 40.5 Å². The van der Waals surface area contributed by atoms with E-state index in [4.69, 9.17) is 9.16 Å². The predicted molar refractivity (Wildman–Crippen MR) is 111 cm³/mol. The van der Waals surface area contributed by atoms with Gasteiger partial charge in [-0.1, -0.05) is 27.4 Å². The first-order chi connectivity index (χ1) is 12.0. The Hall–Kier alpha value is -1.85. The van der Waals surface area contributed by atoms with E-state index < -0.39 is 8.32 Å². The van der Waals surface area contributed by atoms with Crippen LogP contribution in [0.15, 0.2) is 30.4 Å². The standard InChI is InChI=1S/C21H31NO3Si/c1-15(2)13-24-20-11-19-16(9-17(20)12-23)10-18(22(19)6)14-25-26(7,8)21(3,4)5/h9-12H,1,13-14H2,2-8H3. The maximum Gasteiger partial charge on any atom is 0.192 e. The Labute approximate surface area is 157 Å². The number of hydrogen-bond acceptors (Lipinski definition) is 3. The van der Waals surface area contributed by atoms with Gasteiger partial charge in [0.05, 0.1) is 17.7 Å². The second kappa shape index (κ2) is 7.41. The lowest BCUT2D eigenvalue weighted by molar-refractivity contribution is 0.112. The molecular weight excluding hydrogens is 342 g/mol. The average molecular weight is 374 g/mol.